The van der Waals surface area contributed by atoms with Crippen molar-refractivity contribution in [1.29, 1.82) is 0 Å². The third kappa shape index (κ3) is 6.88. The zero-order chi connectivity index (χ0) is 27.0. The topological polar surface area (TPSA) is 96.6 Å². The van der Waals surface area contributed by atoms with E-state index in [2.05, 4.69) is 45.2 Å². The molecule has 0 atom stereocenters. The van der Waals surface area contributed by atoms with Crippen LogP contribution in [0.3, 0.4) is 0 Å². The first kappa shape index (κ1) is 26.6. The third-order valence-corrected chi connectivity index (χ3v) is 7.45. The lowest BCUT2D eigenvalue weighted by atomic mass is 10.2. The molecule has 1 N–H and O–H groups in total. The van der Waals surface area contributed by atoms with Gasteiger partial charge in [0.1, 0.15) is 17.3 Å². The number of piperazine rings is 1. The second-order valence-electron chi connectivity index (χ2n) is 9.12. The summed E-state index contributed by atoms with van der Waals surface area (Å²) in [7, 11) is 1.68. The molecule has 9 nitrogen and oxygen atoms in total. The smallest absolute Gasteiger partial charge is 0.287 e. The van der Waals surface area contributed by atoms with E-state index in [1.807, 2.05) is 30.3 Å². The van der Waals surface area contributed by atoms with Gasteiger partial charge in [0.15, 0.2) is 10.9 Å². The highest BCUT2D eigenvalue weighted by molar-refractivity contribution is 7.98. The van der Waals surface area contributed by atoms with Crippen LogP contribution in [-0.4, -0.2) is 54.1 Å². The number of furan rings is 1. The number of nitrogens with zero attached hydrogens (tertiary/aromatic N) is 5. The summed E-state index contributed by atoms with van der Waals surface area (Å²) >= 11 is 1.51. The molecule has 1 amide bonds. The Kier molecular flexibility index (Phi) is 8.62. The molecule has 4 heterocycles. The lowest BCUT2D eigenvalue weighted by Gasteiger charge is -2.37. The van der Waals surface area contributed by atoms with Crippen LogP contribution in [0.1, 0.15) is 34.5 Å². The molecule has 1 aliphatic rings. The van der Waals surface area contributed by atoms with Gasteiger partial charge in [-0.05, 0) is 60.5 Å². The van der Waals surface area contributed by atoms with Crippen molar-refractivity contribution in [3.05, 3.63) is 89.8 Å². The van der Waals surface area contributed by atoms with E-state index in [9.17, 15) is 4.79 Å². The first-order valence-electron chi connectivity index (χ1n) is 13.0. The molecule has 5 rings (SSSR count). The van der Waals surface area contributed by atoms with Crippen LogP contribution in [0.4, 0.5) is 11.5 Å². The molecule has 1 fully saturated rings. The standard InChI is InChI=1S/C29H32N6O3S/c1-3-22-18-27(35-16-14-34(15-17-35)23-4-6-24(37-2)7-5-23)33-29(32-22)39-20-25-8-9-26(38-25)28(36)31-19-21-10-12-30-13-11-21/h4-13,18H,3,14-17,19-20H2,1-2H3,(H,31,36). The van der Waals surface area contributed by atoms with E-state index in [0.717, 1.165) is 55.4 Å². The Morgan fingerprint density at radius 3 is 2.46 bits per heavy atom. The van der Waals surface area contributed by atoms with E-state index in [0.29, 0.717) is 29.0 Å². The van der Waals surface area contributed by atoms with Crippen LogP contribution in [0.5, 0.6) is 5.75 Å². The van der Waals surface area contributed by atoms with Crippen molar-refractivity contribution in [2.45, 2.75) is 30.8 Å². The number of methoxy groups -OCH3 is 1. The van der Waals surface area contributed by atoms with E-state index < -0.39 is 0 Å². The second-order valence-corrected chi connectivity index (χ2v) is 10.1. The van der Waals surface area contributed by atoms with Crippen LogP contribution >= 0.6 is 11.8 Å². The molecule has 0 unspecified atom stereocenters. The Bertz CT molecular complexity index is 1370. The third-order valence-electron chi connectivity index (χ3n) is 6.58. The maximum absolute atomic E-state index is 12.5. The summed E-state index contributed by atoms with van der Waals surface area (Å²) in [6.07, 6.45) is 4.23. The molecule has 0 bridgehead atoms. The number of pyridine rings is 1. The van der Waals surface area contributed by atoms with Crippen molar-refractivity contribution in [3.63, 3.8) is 0 Å². The summed E-state index contributed by atoms with van der Waals surface area (Å²) < 4.78 is 11.1. The van der Waals surface area contributed by atoms with Gasteiger partial charge in [-0.2, -0.15) is 0 Å². The van der Waals surface area contributed by atoms with Gasteiger partial charge in [-0.15, -0.1) is 0 Å². The summed E-state index contributed by atoms with van der Waals surface area (Å²) in [5.41, 5.74) is 3.19. The van der Waals surface area contributed by atoms with Gasteiger partial charge in [0.2, 0.25) is 0 Å². The van der Waals surface area contributed by atoms with Gasteiger partial charge in [0.25, 0.3) is 5.91 Å². The molecule has 39 heavy (non-hydrogen) atoms. The predicted molar refractivity (Wildman–Crippen MR) is 153 cm³/mol. The number of carbonyl (C=O) groups is 1. The predicted octanol–water partition coefficient (Wildman–Crippen LogP) is 4.58. The first-order chi connectivity index (χ1) is 19.1. The molecule has 4 aromatic rings. The number of benzene rings is 1. The number of aryl methyl sites for hydroxylation is 1. The van der Waals surface area contributed by atoms with Gasteiger partial charge in [-0.25, -0.2) is 9.97 Å². The number of aromatic nitrogens is 3. The average Bonchev–Trinajstić information content (AvgIpc) is 3.48. The fourth-order valence-corrected chi connectivity index (χ4v) is 5.10. The highest BCUT2D eigenvalue weighted by atomic mass is 32.2. The van der Waals surface area contributed by atoms with Gasteiger partial charge in [0, 0.05) is 62.6 Å². The van der Waals surface area contributed by atoms with Crippen LogP contribution in [0.15, 0.2) is 76.6 Å². The monoisotopic (exact) mass is 544 g/mol. The van der Waals surface area contributed by atoms with Crippen molar-refractivity contribution in [2.24, 2.45) is 0 Å². The summed E-state index contributed by atoms with van der Waals surface area (Å²) in [5, 5.41) is 3.58. The summed E-state index contributed by atoms with van der Waals surface area (Å²) in [6, 6.07) is 17.6. The van der Waals surface area contributed by atoms with E-state index >= 15 is 0 Å². The highest BCUT2D eigenvalue weighted by Gasteiger charge is 2.20. The summed E-state index contributed by atoms with van der Waals surface area (Å²) in [6.45, 7) is 6.11. The van der Waals surface area contributed by atoms with Crippen LogP contribution in [-0.2, 0) is 18.7 Å². The molecule has 202 valence electrons. The van der Waals surface area contributed by atoms with E-state index in [1.54, 1.807) is 25.6 Å². The van der Waals surface area contributed by atoms with Gasteiger partial charge in [-0.1, -0.05) is 18.7 Å². The molecule has 1 aliphatic heterocycles. The largest absolute Gasteiger partial charge is 0.497 e. The van der Waals surface area contributed by atoms with E-state index in [-0.39, 0.29) is 5.91 Å². The average molecular weight is 545 g/mol. The van der Waals surface area contributed by atoms with Gasteiger partial charge in [-0.3, -0.25) is 9.78 Å². The lowest BCUT2D eigenvalue weighted by Crippen LogP contribution is -2.46. The number of carbonyl (C=O) groups excluding carboxylic acids is 1. The van der Waals surface area contributed by atoms with Crippen molar-refractivity contribution in [3.8, 4) is 5.75 Å². The van der Waals surface area contributed by atoms with Crippen molar-refractivity contribution >= 4 is 29.2 Å². The summed E-state index contributed by atoms with van der Waals surface area (Å²) in [4.78, 5) is 30.8. The molecular weight excluding hydrogens is 512 g/mol. The molecule has 10 heteroatoms. The molecular formula is C29H32N6O3S. The van der Waals surface area contributed by atoms with Crippen LogP contribution < -0.4 is 19.9 Å². The Hall–Kier alpha value is -4.05. The maximum atomic E-state index is 12.5. The molecule has 1 aromatic carbocycles. The number of thioether (sulfide) groups is 1. The molecule has 1 saturated heterocycles. The maximum Gasteiger partial charge on any atom is 0.287 e. The number of anilines is 2. The zero-order valence-electron chi connectivity index (χ0n) is 22.2. The molecule has 3 aromatic heterocycles. The Morgan fingerprint density at radius 1 is 1.00 bits per heavy atom. The summed E-state index contributed by atoms with van der Waals surface area (Å²) in [5.74, 6) is 3.10. The molecule has 0 spiro atoms. The van der Waals surface area contributed by atoms with Crippen molar-refractivity contribution in [1.82, 2.24) is 20.3 Å². The fraction of sp³-hybridized carbons (Fsp3) is 0.310. The van der Waals surface area contributed by atoms with Crippen LogP contribution in [0.2, 0.25) is 0 Å². The number of nitrogens with one attached hydrogen (secondary N) is 1. The molecule has 0 aliphatic carbocycles. The number of amides is 1. The van der Waals surface area contributed by atoms with E-state index in [4.69, 9.17) is 19.1 Å². The Morgan fingerprint density at radius 2 is 1.74 bits per heavy atom. The Balaban J connectivity index is 1.17. The van der Waals surface area contributed by atoms with Crippen LogP contribution in [0, 0.1) is 0 Å². The molecule has 0 radical (unpaired) electrons. The molecule has 0 saturated carbocycles. The Labute approximate surface area is 232 Å². The van der Waals surface area contributed by atoms with Gasteiger partial charge < -0.3 is 24.3 Å². The second kappa shape index (κ2) is 12.7. The lowest BCUT2D eigenvalue weighted by molar-refractivity contribution is 0.0921. The van der Waals surface area contributed by atoms with E-state index in [1.165, 1.54) is 17.4 Å². The fourth-order valence-electron chi connectivity index (χ4n) is 4.34. The van der Waals surface area contributed by atoms with Crippen molar-refractivity contribution < 1.29 is 13.9 Å². The van der Waals surface area contributed by atoms with Gasteiger partial charge >= 0.3 is 0 Å². The number of rotatable bonds is 10. The van der Waals surface area contributed by atoms with Gasteiger partial charge in [0.05, 0.1) is 12.9 Å². The van der Waals surface area contributed by atoms with Crippen LogP contribution in [0.25, 0.3) is 0 Å². The number of ether oxygens (including phenoxy) is 1. The zero-order valence-corrected chi connectivity index (χ0v) is 23.0. The number of hydrogen-bond acceptors (Lipinski definition) is 9. The normalized spacial score (nSPS) is 13.4. The minimum Gasteiger partial charge on any atom is -0.497 e. The number of hydrogen-bond donors (Lipinski definition) is 1. The quantitative estimate of drug-likeness (QED) is 0.227. The van der Waals surface area contributed by atoms with Crippen molar-refractivity contribution in [2.75, 3.05) is 43.1 Å². The SMILES string of the molecule is CCc1cc(N2CCN(c3ccc(OC)cc3)CC2)nc(SCc2ccc(C(=O)NCc3ccncc3)o2)n1. The first-order valence-corrected chi connectivity index (χ1v) is 14.0. The minimum atomic E-state index is -0.247. The highest BCUT2D eigenvalue weighted by Crippen LogP contribution is 2.26. The minimum absolute atomic E-state index is 0.247.